The zero-order valence-corrected chi connectivity index (χ0v) is 14.0. The molecule has 0 spiro atoms. The van der Waals surface area contributed by atoms with E-state index in [1.54, 1.807) is 0 Å². The smallest absolute Gasteiger partial charge is 0.407 e. The third kappa shape index (κ3) is 5.32. The number of carbonyl (C=O) groups excluding carboxylic acids is 1. The van der Waals surface area contributed by atoms with Crippen LogP contribution in [0.4, 0.5) is 4.79 Å². The lowest BCUT2D eigenvalue weighted by Crippen LogP contribution is -2.48. The van der Waals surface area contributed by atoms with Crippen molar-refractivity contribution in [1.82, 2.24) is 4.90 Å². The highest BCUT2D eigenvalue weighted by Crippen LogP contribution is 2.32. The van der Waals surface area contributed by atoms with Gasteiger partial charge in [-0.25, -0.2) is 4.79 Å². The van der Waals surface area contributed by atoms with Gasteiger partial charge in [0.15, 0.2) is 0 Å². The third-order valence-electron chi connectivity index (χ3n) is 4.43. The number of aldehydes is 1. The molecule has 1 aromatic carbocycles. The summed E-state index contributed by atoms with van der Waals surface area (Å²) in [6.45, 7) is 3.28. The molecule has 1 aliphatic rings. The minimum Gasteiger partial charge on any atom is -0.465 e. The van der Waals surface area contributed by atoms with Crippen LogP contribution in [0.3, 0.4) is 0 Å². The molecule has 0 aromatic heterocycles. The summed E-state index contributed by atoms with van der Waals surface area (Å²) in [4.78, 5) is 23.5. The highest BCUT2D eigenvalue weighted by Gasteiger charge is 2.38. The van der Waals surface area contributed by atoms with Crippen LogP contribution in [-0.4, -0.2) is 47.9 Å². The van der Waals surface area contributed by atoms with E-state index in [4.69, 9.17) is 14.6 Å². The van der Waals surface area contributed by atoms with E-state index in [1.165, 1.54) is 4.90 Å². The summed E-state index contributed by atoms with van der Waals surface area (Å²) < 4.78 is 11.6. The first kappa shape index (κ1) is 18.4. The normalized spacial score (nSPS) is 18.1. The van der Waals surface area contributed by atoms with Crippen LogP contribution in [0.15, 0.2) is 30.3 Å². The van der Waals surface area contributed by atoms with Crippen LogP contribution in [0, 0.1) is 5.92 Å². The van der Waals surface area contributed by atoms with Crippen LogP contribution >= 0.6 is 0 Å². The minimum absolute atomic E-state index is 0.129. The van der Waals surface area contributed by atoms with Gasteiger partial charge in [-0.1, -0.05) is 37.3 Å². The van der Waals surface area contributed by atoms with Gasteiger partial charge in [-0.3, -0.25) is 0 Å². The molecule has 1 N–H and O–H groups in total. The molecule has 24 heavy (non-hydrogen) atoms. The topological polar surface area (TPSA) is 76.1 Å². The Labute approximate surface area is 142 Å². The fraction of sp³-hybridized carbons (Fsp3) is 0.556. The maximum Gasteiger partial charge on any atom is 0.407 e. The summed E-state index contributed by atoms with van der Waals surface area (Å²) in [5, 5.41) is 9.08. The Morgan fingerprint density at radius 2 is 2.00 bits per heavy atom. The summed E-state index contributed by atoms with van der Waals surface area (Å²) in [5.41, 5.74) is 0.570. The molecule has 0 bridgehead atoms. The molecule has 1 aromatic rings. The maximum absolute atomic E-state index is 11.1. The van der Waals surface area contributed by atoms with Crippen LogP contribution in [0.1, 0.15) is 31.7 Å². The largest absolute Gasteiger partial charge is 0.465 e. The lowest BCUT2D eigenvalue weighted by Gasteiger charge is -2.41. The maximum atomic E-state index is 11.1. The molecule has 1 heterocycles. The number of rotatable bonds is 8. The fourth-order valence-electron chi connectivity index (χ4n) is 3.05. The number of benzene rings is 1. The van der Waals surface area contributed by atoms with Crippen molar-refractivity contribution in [3.05, 3.63) is 35.9 Å². The highest BCUT2D eigenvalue weighted by molar-refractivity contribution is 5.65. The molecule has 1 amide bonds. The van der Waals surface area contributed by atoms with Crippen LogP contribution in [0.25, 0.3) is 0 Å². The Balaban J connectivity index is 1.87. The number of amides is 1. The van der Waals surface area contributed by atoms with E-state index < -0.39 is 11.7 Å². The molecular formula is C18H25NO5. The number of hydrogen-bond donors (Lipinski definition) is 1. The average molecular weight is 335 g/mol. The number of carboxylic acid groups (broad SMARTS) is 1. The van der Waals surface area contributed by atoms with Crippen molar-refractivity contribution in [2.24, 2.45) is 5.92 Å². The fourth-order valence-corrected chi connectivity index (χ4v) is 3.05. The Kier molecular flexibility index (Phi) is 6.75. The summed E-state index contributed by atoms with van der Waals surface area (Å²) in [6.07, 6.45) is 1.74. The van der Waals surface area contributed by atoms with E-state index >= 15 is 0 Å². The van der Waals surface area contributed by atoms with Crippen molar-refractivity contribution in [2.75, 3.05) is 19.9 Å². The molecule has 6 heteroatoms. The van der Waals surface area contributed by atoms with Gasteiger partial charge in [0, 0.05) is 19.0 Å². The van der Waals surface area contributed by atoms with Gasteiger partial charge in [-0.15, -0.1) is 0 Å². The Hall–Kier alpha value is -1.92. The SMILES string of the molecule is CC(C=O)CC1(OCOCc2ccccc2)CCN(C(=O)O)CC1. The second-order valence-electron chi connectivity index (χ2n) is 6.37. The van der Waals surface area contributed by atoms with Gasteiger partial charge in [0.05, 0.1) is 12.2 Å². The van der Waals surface area contributed by atoms with Crippen molar-refractivity contribution >= 4 is 12.4 Å². The number of carbonyl (C=O) groups is 2. The first-order valence-electron chi connectivity index (χ1n) is 8.23. The molecule has 132 valence electrons. The summed E-state index contributed by atoms with van der Waals surface area (Å²) in [5.74, 6) is -0.129. The Morgan fingerprint density at radius 3 is 2.58 bits per heavy atom. The van der Waals surface area contributed by atoms with E-state index in [9.17, 15) is 9.59 Å². The van der Waals surface area contributed by atoms with Crippen molar-refractivity contribution in [3.63, 3.8) is 0 Å². The predicted molar refractivity (Wildman–Crippen MR) is 88.6 cm³/mol. The number of nitrogens with zero attached hydrogens (tertiary/aromatic N) is 1. The van der Waals surface area contributed by atoms with Gasteiger partial charge in [-0.05, 0) is 24.8 Å². The first-order chi connectivity index (χ1) is 11.5. The van der Waals surface area contributed by atoms with Gasteiger partial charge < -0.3 is 24.3 Å². The lowest BCUT2D eigenvalue weighted by molar-refractivity contribution is -0.170. The first-order valence-corrected chi connectivity index (χ1v) is 8.23. The van der Waals surface area contributed by atoms with Crippen LogP contribution in [0.2, 0.25) is 0 Å². The van der Waals surface area contributed by atoms with Crippen molar-refractivity contribution in [2.45, 2.75) is 38.4 Å². The third-order valence-corrected chi connectivity index (χ3v) is 4.43. The molecular weight excluding hydrogens is 310 g/mol. The van der Waals surface area contributed by atoms with E-state index in [-0.39, 0.29) is 12.7 Å². The number of piperidine rings is 1. The van der Waals surface area contributed by atoms with E-state index in [1.807, 2.05) is 37.3 Å². The highest BCUT2D eigenvalue weighted by atomic mass is 16.7. The predicted octanol–water partition coefficient (Wildman–Crippen LogP) is 2.92. The van der Waals surface area contributed by atoms with Gasteiger partial charge in [0.1, 0.15) is 13.1 Å². The molecule has 1 aliphatic heterocycles. The van der Waals surface area contributed by atoms with Crippen molar-refractivity contribution < 1.29 is 24.2 Å². The second kappa shape index (κ2) is 8.80. The molecule has 1 unspecified atom stereocenters. The number of ether oxygens (including phenoxy) is 2. The second-order valence-corrected chi connectivity index (χ2v) is 6.37. The van der Waals surface area contributed by atoms with Crippen LogP contribution < -0.4 is 0 Å². The molecule has 0 radical (unpaired) electrons. The standard InChI is InChI=1S/C18H25NO5/c1-15(12-20)11-18(7-9-19(10-8-18)17(21)22)24-14-23-13-16-5-3-2-4-6-16/h2-6,12,15H,7-11,13-14H2,1H3,(H,21,22). The van der Waals surface area contributed by atoms with E-state index in [0.717, 1.165) is 11.8 Å². The van der Waals surface area contributed by atoms with E-state index in [0.29, 0.717) is 39.0 Å². The van der Waals surface area contributed by atoms with Gasteiger partial charge in [-0.2, -0.15) is 0 Å². The molecule has 0 saturated carbocycles. The monoisotopic (exact) mass is 335 g/mol. The Bertz CT molecular complexity index is 525. The van der Waals surface area contributed by atoms with Gasteiger partial charge in [0.2, 0.25) is 0 Å². The average Bonchev–Trinajstić information content (AvgIpc) is 2.60. The summed E-state index contributed by atoms with van der Waals surface area (Å²) in [6, 6.07) is 9.82. The molecule has 1 fully saturated rings. The van der Waals surface area contributed by atoms with E-state index in [2.05, 4.69) is 0 Å². The van der Waals surface area contributed by atoms with Crippen LogP contribution in [-0.2, 0) is 20.9 Å². The lowest BCUT2D eigenvalue weighted by atomic mass is 9.83. The van der Waals surface area contributed by atoms with Gasteiger partial charge >= 0.3 is 6.09 Å². The molecule has 6 nitrogen and oxygen atoms in total. The summed E-state index contributed by atoms with van der Waals surface area (Å²) in [7, 11) is 0. The number of likely N-dealkylation sites (tertiary alicyclic amines) is 1. The Morgan fingerprint density at radius 1 is 1.33 bits per heavy atom. The van der Waals surface area contributed by atoms with Crippen molar-refractivity contribution in [3.8, 4) is 0 Å². The van der Waals surface area contributed by atoms with Gasteiger partial charge in [0.25, 0.3) is 0 Å². The van der Waals surface area contributed by atoms with Crippen LogP contribution in [0.5, 0.6) is 0 Å². The molecule has 0 aliphatic carbocycles. The zero-order valence-electron chi connectivity index (χ0n) is 14.0. The minimum atomic E-state index is -0.910. The summed E-state index contributed by atoms with van der Waals surface area (Å²) >= 11 is 0. The number of hydrogen-bond acceptors (Lipinski definition) is 4. The van der Waals surface area contributed by atoms with Crippen molar-refractivity contribution in [1.29, 1.82) is 0 Å². The molecule has 2 rings (SSSR count). The quantitative estimate of drug-likeness (QED) is 0.449. The molecule has 1 atom stereocenters. The zero-order chi connectivity index (χ0) is 17.4. The molecule has 1 saturated heterocycles.